The van der Waals surface area contributed by atoms with Gasteiger partial charge in [-0.25, -0.2) is 0 Å². The van der Waals surface area contributed by atoms with Crippen LogP contribution >= 0.6 is 11.6 Å². The maximum atomic E-state index is 5.75. The normalized spacial score (nSPS) is 29.8. The van der Waals surface area contributed by atoms with Crippen molar-refractivity contribution in [3.63, 3.8) is 0 Å². The second kappa shape index (κ2) is 5.15. The monoisotopic (exact) mass is 218 g/mol. The number of hydrogen-bond acceptors (Lipinski definition) is 2. The van der Waals surface area contributed by atoms with E-state index in [9.17, 15) is 0 Å². The molecule has 0 heterocycles. The van der Waals surface area contributed by atoms with Crippen LogP contribution in [0.15, 0.2) is 11.1 Å². The number of rotatable bonds is 4. The van der Waals surface area contributed by atoms with E-state index < -0.39 is 0 Å². The summed E-state index contributed by atoms with van der Waals surface area (Å²) in [6, 6.07) is 0. The van der Waals surface area contributed by atoms with Crippen molar-refractivity contribution in [3.8, 4) is 0 Å². The van der Waals surface area contributed by atoms with Gasteiger partial charge in [-0.2, -0.15) is 0 Å². The van der Waals surface area contributed by atoms with E-state index in [1.807, 2.05) is 0 Å². The fourth-order valence-corrected chi connectivity index (χ4v) is 2.01. The summed E-state index contributed by atoms with van der Waals surface area (Å²) in [6.45, 7) is 6.53. The van der Waals surface area contributed by atoms with Crippen molar-refractivity contribution in [2.45, 2.75) is 39.6 Å². The van der Waals surface area contributed by atoms with Crippen LogP contribution in [0.1, 0.15) is 27.2 Å². The molecular formula is C11H19ClO2. The molecule has 0 aromatic heterocycles. The molecule has 1 aliphatic carbocycles. The Balaban J connectivity index is 2.56. The van der Waals surface area contributed by atoms with E-state index in [1.165, 1.54) is 11.1 Å². The molecule has 0 spiro atoms. The molecule has 14 heavy (non-hydrogen) atoms. The SMILES string of the molecule is COC(CCl)OC1CC(C)C(C)=C1C. The van der Waals surface area contributed by atoms with E-state index >= 15 is 0 Å². The van der Waals surface area contributed by atoms with Crippen molar-refractivity contribution in [1.29, 1.82) is 0 Å². The Morgan fingerprint density at radius 3 is 2.43 bits per heavy atom. The van der Waals surface area contributed by atoms with E-state index in [4.69, 9.17) is 21.1 Å². The molecule has 0 N–H and O–H groups in total. The minimum Gasteiger partial charge on any atom is -0.355 e. The van der Waals surface area contributed by atoms with Gasteiger partial charge in [0.15, 0.2) is 6.29 Å². The van der Waals surface area contributed by atoms with E-state index in [1.54, 1.807) is 7.11 Å². The zero-order valence-corrected chi connectivity index (χ0v) is 10.1. The maximum absolute atomic E-state index is 5.75. The lowest BCUT2D eigenvalue weighted by Gasteiger charge is -2.20. The van der Waals surface area contributed by atoms with Crippen LogP contribution in [0, 0.1) is 5.92 Å². The Morgan fingerprint density at radius 2 is 2.07 bits per heavy atom. The summed E-state index contributed by atoms with van der Waals surface area (Å²) in [4.78, 5) is 0. The predicted octanol–water partition coefficient (Wildman–Crippen LogP) is 2.96. The highest BCUT2D eigenvalue weighted by Gasteiger charge is 2.28. The van der Waals surface area contributed by atoms with Crippen LogP contribution in [0.4, 0.5) is 0 Å². The fourth-order valence-electron chi connectivity index (χ4n) is 1.81. The third-order valence-corrected chi connectivity index (χ3v) is 3.37. The van der Waals surface area contributed by atoms with Gasteiger partial charge in [-0.3, -0.25) is 0 Å². The van der Waals surface area contributed by atoms with Gasteiger partial charge < -0.3 is 9.47 Å². The maximum Gasteiger partial charge on any atom is 0.171 e. The molecule has 1 rings (SSSR count). The van der Waals surface area contributed by atoms with Crippen molar-refractivity contribution in [3.05, 3.63) is 11.1 Å². The van der Waals surface area contributed by atoms with Crippen molar-refractivity contribution in [2.75, 3.05) is 13.0 Å². The number of halogens is 1. The molecule has 1 aliphatic rings. The van der Waals surface area contributed by atoms with E-state index in [0.29, 0.717) is 11.8 Å². The van der Waals surface area contributed by atoms with Gasteiger partial charge in [0.2, 0.25) is 0 Å². The first-order valence-electron chi connectivity index (χ1n) is 5.01. The smallest absolute Gasteiger partial charge is 0.171 e. The third-order valence-electron chi connectivity index (χ3n) is 3.12. The van der Waals surface area contributed by atoms with Gasteiger partial charge in [0.05, 0.1) is 12.0 Å². The van der Waals surface area contributed by atoms with Crippen molar-refractivity contribution in [1.82, 2.24) is 0 Å². The average molecular weight is 219 g/mol. The highest BCUT2D eigenvalue weighted by atomic mass is 35.5. The Morgan fingerprint density at radius 1 is 1.43 bits per heavy atom. The first-order valence-corrected chi connectivity index (χ1v) is 5.55. The van der Waals surface area contributed by atoms with Crippen LogP contribution in [-0.2, 0) is 9.47 Å². The predicted molar refractivity (Wildman–Crippen MR) is 58.5 cm³/mol. The molecule has 0 fully saturated rings. The van der Waals surface area contributed by atoms with Crippen LogP contribution in [0.2, 0.25) is 0 Å². The summed E-state index contributed by atoms with van der Waals surface area (Å²) in [5, 5.41) is 0. The molecule has 82 valence electrons. The lowest BCUT2D eigenvalue weighted by molar-refractivity contribution is -0.132. The van der Waals surface area contributed by atoms with Gasteiger partial charge in [-0.15, -0.1) is 11.6 Å². The molecule has 0 radical (unpaired) electrons. The quantitative estimate of drug-likeness (QED) is 0.410. The number of methoxy groups -OCH3 is 1. The standard InChI is InChI=1S/C11H19ClO2/c1-7-5-10(9(3)8(7)2)14-11(6-12)13-4/h7,10-11H,5-6H2,1-4H3. The summed E-state index contributed by atoms with van der Waals surface area (Å²) >= 11 is 5.70. The minimum absolute atomic E-state index is 0.189. The zero-order valence-electron chi connectivity index (χ0n) is 9.34. The van der Waals surface area contributed by atoms with Gasteiger partial charge in [-0.05, 0) is 31.8 Å². The Hall–Kier alpha value is -0.0500. The Kier molecular flexibility index (Phi) is 4.42. The average Bonchev–Trinajstić information content (AvgIpc) is 2.42. The molecule has 0 bridgehead atoms. The summed E-state index contributed by atoms with van der Waals surface area (Å²) in [6.07, 6.45) is 0.956. The highest BCUT2D eigenvalue weighted by Crippen LogP contribution is 2.33. The summed E-state index contributed by atoms with van der Waals surface area (Å²) in [7, 11) is 1.62. The van der Waals surface area contributed by atoms with Gasteiger partial charge in [0.1, 0.15) is 0 Å². The summed E-state index contributed by atoms with van der Waals surface area (Å²) < 4.78 is 10.9. The van der Waals surface area contributed by atoms with Gasteiger partial charge in [-0.1, -0.05) is 12.5 Å². The number of allylic oxidation sites excluding steroid dienone is 1. The fraction of sp³-hybridized carbons (Fsp3) is 0.818. The highest BCUT2D eigenvalue weighted by molar-refractivity contribution is 6.18. The molecule has 0 aromatic rings. The molecule has 3 unspecified atom stereocenters. The van der Waals surface area contributed by atoms with Crippen LogP contribution in [0.25, 0.3) is 0 Å². The summed E-state index contributed by atoms with van der Waals surface area (Å²) in [5.41, 5.74) is 2.78. The summed E-state index contributed by atoms with van der Waals surface area (Å²) in [5.74, 6) is 1.00. The zero-order chi connectivity index (χ0) is 10.7. The first kappa shape index (κ1) is 12.0. The molecular weight excluding hydrogens is 200 g/mol. The van der Waals surface area contributed by atoms with Crippen LogP contribution in [0.5, 0.6) is 0 Å². The molecule has 2 nitrogen and oxygen atoms in total. The molecule has 0 saturated carbocycles. The molecule has 0 aromatic carbocycles. The third kappa shape index (κ3) is 2.50. The number of ether oxygens (including phenoxy) is 2. The second-order valence-electron chi connectivity index (χ2n) is 3.95. The van der Waals surface area contributed by atoms with E-state index in [2.05, 4.69) is 20.8 Å². The number of alkyl halides is 1. The minimum atomic E-state index is -0.283. The number of hydrogen-bond donors (Lipinski definition) is 0. The second-order valence-corrected chi connectivity index (χ2v) is 4.26. The largest absolute Gasteiger partial charge is 0.355 e. The molecule has 0 saturated heterocycles. The lowest BCUT2D eigenvalue weighted by atomic mass is 10.1. The van der Waals surface area contributed by atoms with Crippen LogP contribution in [-0.4, -0.2) is 25.4 Å². The van der Waals surface area contributed by atoms with Crippen LogP contribution in [0.3, 0.4) is 0 Å². The van der Waals surface area contributed by atoms with Crippen molar-refractivity contribution < 1.29 is 9.47 Å². The van der Waals surface area contributed by atoms with Crippen molar-refractivity contribution in [2.24, 2.45) is 5.92 Å². The molecule has 0 aliphatic heterocycles. The Bertz CT molecular complexity index is 221. The van der Waals surface area contributed by atoms with Crippen molar-refractivity contribution >= 4 is 11.6 Å². The topological polar surface area (TPSA) is 18.5 Å². The van der Waals surface area contributed by atoms with Crippen LogP contribution < -0.4 is 0 Å². The lowest BCUT2D eigenvalue weighted by Crippen LogP contribution is -2.24. The van der Waals surface area contributed by atoms with Gasteiger partial charge in [0.25, 0.3) is 0 Å². The molecule has 3 atom stereocenters. The Labute approximate surface area is 91.2 Å². The molecule has 0 amide bonds. The van der Waals surface area contributed by atoms with Gasteiger partial charge in [0, 0.05) is 7.11 Å². The first-order chi connectivity index (χ1) is 6.60. The van der Waals surface area contributed by atoms with E-state index in [0.717, 1.165) is 6.42 Å². The van der Waals surface area contributed by atoms with Gasteiger partial charge >= 0.3 is 0 Å². The van der Waals surface area contributed by atoms with E-state index in [-0.39, 0.29) is 12.4 Å². The molecule has 3 heteroatoms.